The summed E-state index contributed by atoms with van der Waals surface area (Å²) in [6.07, 6.45) is 4.99. The molecule has 0 radical (unpaired) electrons. The minimum Gasteiger partial charge on any atom is -0.444 e. The van der Waals surface area contributed by atoms with Gasteiger partial charge in [-0.15, -0.1) is 0 Å². The van der Waals surface area contributed by atoms with Gasteiger partial charge in [-0.1, -0.05) is 12.1 Å². The predicted octanol–water partition coefficient (Wildman–Crippen LogP) is 3.92. The third-order valence-corrected chi connectivity index (χ3v) is 8.31. The number of piperidine rings is 3. The van der Waals surface area contributed by atoms with Crippen molar-refractivity contribution in [3.63, 3.8) is 0 Å². The number of fused-ring (bicyclic) bond motifs is 1. The van der Waals surface area contributed by atoms with E-state index in [2.05, 4.69) is 33.5 Å². The molecule has 2 aromatic rings. The smallest absolute Gasteiger partial charge is 0.410 e. The van der Waals surface area contributed by atoms with E-state index < -0.39 is 5.60 Å². The maximum atomic E-state index is 12.4. The van der Waals surface area contributed by atoms with Gasteiger partial charge in [0.15, 0.2) is 0 Å². The third kappa shape index (κ3) is 5.87. The summed E-state index contributed by atoms with van der Waals surface area (Å²) in [6.45, 7) is 10.6. The van der Waals surface area contributed by atoms with Crippen LogP contribution < -0.4 is 5.32 Å². The lowest BCUT2D eigenvalue weighted by molar-refractivity contribution is -0.134. The molecule has 206 valence electrons. The Kier molecular flexibility index (Phi) is 7.49. The second kappa shape index (κ2) is 10.7. The fraction of sp³-hybridized carbons (Fsp3) is 0.655. The molecule has 3 saturated heterocycles. The lowest BCUT2D eigenvalue weighted by Gasteiger charge is -2.38. The minimum atomic E-state index is -0.449. The molecule has 1 aromatic heterocycles. The molecule has 3 amide bonds. The summed E-state index contributed by atoms with van der Waals surface area (Å²) in [5.74, 6) is 0.321. The van der Waals surface area contributed by atoms with Gasteiger partial charge in [-0.05, 0) is 89.4 Å². The van der Waals surface area contributed by atoms with Crippen LogP contribution in [0.15, 0.2) is 18.2 Å². The zero-order valence-electron chi connectivity index (χ0n) is 23.2. The number of ether oxygens (including phenoxy) is 1. The van der Waals surface area contributed by atoms with E-state index >= 15 is 0 Å². The Bertz CT molecular complexity index is 1200. The molecule has 0 saturated carbocycles. The second-order valence-electron chi connectivity index (χ2n) is 12.3. The number of benzene rings is 1. The van der Waals surface area contributed by atoms with Crippen LogP contribution in [0.1, 0.15) is 82.4 Å². The number of rotatable bonds is 4. The highest BCUT2D eigenvalue weighted by molar-refractivity contribution is 6.02. The van der Waals surface area contributed by atoms with Crippen molar-refractivity contribution in [2.75, 3.05) is 32.7 Å². The normalized spacial score (nSPS) is 22.6. The Morgan fingerprint density at radius 1 is 1.05 bits per heavy atom. The molecule has 3 aliphatic heterocycles. The minimum absolute atomic E-state index is 0.189. The van der Waals surface area contributed by atoms with E-state index in [1.807, 2.05) is 37.4 Å². The number of imide groups is 1. The van der Waals surface area contributed by atoms with E-state index in [4.69, 9.17) is 4.74 Å². The number of aryl methyl sites for hydroxylation is 1. The quantitative estimate of drug-likeness (QED) is 0.611. The highest BCUT2D eigenvalue weighted by Gasteiger charge is 2.32. The van der Waals surface area contributed by atoms with Crippen molar-refractivity contribution in [1.82, 2.24) is 24.9 Å². The highest BCUT2D eigenvalue weighted by Crippen LogP contribution is 2.35. The summed E-state index contributed by atoms with van der Waals surface area (Å²) >= 11 is 0. The molecule has 1 N–H and O–H groups in total. The average Bonchev–Trinajstić information content (AvgIpc) is 3.19. The Hall–Kier alpha value is -2.94. The Morgan fingerprint density at radius 3 is 2.42 bits per heavy atom. The van der Waals surface area contributed by atoms with Crippen molar-refractivity contribution in [2.24, 2.45) is 13.0 Å². The van der Waals surface area contributed by atoms with Crippen LogP contribution in [0.25, 0.3) is 10.9 Å². The molecule has 5 rings (SSSR count). The van der Waals surface area contributed by atoms with E-state index in [1.165, 1.54) is 5.56 Å². The fourth-order valence-electron chi connectivity index (χ4n) is 6.21. The van der Waals surface area contributed by atoms with Crippen molar-refractivity contribution in [3.8, 4) is 0 Å². The summed E-state index contributed by atoms with van der Waals surface area (Å²) in [5, 5.41) is 8.15. The van der Waals surface area contributed by atoms with Gasteiger partial charge in [-0.2, -0.15) is 5.10 Å². The van der Waals surface area contributed by atoms with Crippen molar-refractivity contribution in [1.29, 1.82) is 0 Å². The number of carbonyl (C=O) groups is 3. The largest absolute Gasteiger partial charge is 0.444 e. The fourth-order valence-corrected chi connectivity index (χ4v) is 6.21. The summed E-state index contributed by atoms with van der Waals surface area (Å²) in [4.78, 5) is 40.8. The third-order valence-electron chi connectivity index (χ3n) is 8.31. The molecular weight excluding hydrogens is 482 g/mol. The lowest BCUT2D eigenvalue weighted by atomic mass is 9.87. The van der Waals surface area contributed by atoms with E-state index in [1.54, 1.807) is 0 Å². The number of likely N-dealkylation sites (tertiary alicyclic amines) is 2. The summed E-state index contributed by atoms with van der Waals surface area (Å²) in [7, 11) is 1.93. The number of amides is 3. The molecule has 0 spiro atoms. The monoisotopic (exact) mass is 523 g/mol. The van der Waals surface area contributed by atoms with Gasteiger partial charge in [0.05, 0.1) is 17.1 Å². The van der Waals surface area contributed by atoms with E-state index in [0.717, 1.165) is 75.0 Å². The second-order valence-corrected chi connectivity index (χ2v) is 12.3. The first-order valence-electron chi connectivity index (χ1n) is 14.1. The number of hydrogen-bond donors (Lipinski definition) is 1. The first-order valence-corrected chi connectivity index (χ1v) is 14.1. The van der Waals surface area contributed by atoms with E-state index in [-0.39, 0.29) is 23.8 Å². The Balaban J connectivity index is 1.14. The van der Waals surface area contributed by atoms with Crippen LogP contribution in [0.3, 0.4) is 0 Å². The number of nitrogens with one attached hydrogen (secondary N) is 1. The summed E-state index contributed by atoms with van der Waals surface area (Å²) in [5.41, 5.74) is 2.70. The number of aromatic nitrogens is 2. The van der Waals surface area contributed by atoms with Gasteiger partial charge < -0.3 is 14.5 Å². The summed E-state index contributed by atoms with van der Waals surface area (Å²) < 4.78 is 7.40. The van der Waals surface area contributed by atoms with Crippen molar-refractivity contribution < 1.29 is 19.1 Å². The van der Waals surface area contributed by atoms with Crippen LogP contribution >= 0.6 is 0 Å². The zero-order valence-corrected chi connectivity index (χ0v) is 23.2. The Labute approximate surface area is 224 Å². The van der Waals surface area contributed by atoms with Gasteiger partial charge in [-0.3, -0.25) is 19.6 Å². The molecule has 9 nitrogen and oxygen atoms in total. The average molecular weight is 524 g/mol. The SMILES string of the molecule is Cn1nc(C2CCC(=O)NC2=O)c2ccc(C3CCN(CC4CCN(C(=O)OC(C)(C)C)CC4)CC3)cc21. The van der Waals surface area contributed by atoms with Gasteiger partial charge >= 0.3 is 6.09 Å². The molecule has 9 heteroatoms. The number of carbonyl (C=O) groups excluding carboxylic acids is 3. The number of hydrogen-bond acceptors (Lipinski definition) is 6. The zero-order chi connectivity index (χ0) is 27.0. The standard InChI is InChI=1S/C29H41N5O4/c1-29(2,3)38-28(37)34-15-9-19(10-16-34)18-33-13-11-20(12-14-33)21-5-6-22-24(17-21)32(4)31-26(22)23-7-8-25(35)30-27(23)36/h5-6,17,19-20,23H,7-16,18H2,1-4H3,(H,30,35,36). The van der Waals surface area contributed by atoms with Gasteiger partial charge in [0.1, 0.15) is 5.60 Å². The maximum Gasteiger partial charge on any atom is 0.410 e. The summed E-state index contributed by atoms with van der Waals surface area (Å²) in [6, 6.07) is 6.55. The molecule has 1 unspecified atom stereocenters. The van der Waals surface area contributed by atoms with E-state index in [0.29, 0.717) is 24.7 Å². The van der Waals surface area contributed by atoms with Gasteiger partial charge in [0.25, 0.3) is 0 Å². The van der Waals surface area contributed by atoms with Crippen LogP contribution in [-0.4, -0.2) is 75.8 Å². The van der Waals surface area contributed by atoms with E-state index in [9.17, 15) is 14.4 Å². The van der Waals surface area contributed by atoms with Crippen LogP contribution in [0.2, 0.25) is 0 Å². The number of nitrogens with zero attached hydrogens (tertiary/aromatic N) is 4. The molecule has 0 bridgehead atoms. The predicted molar refractivity (Wildman–Crippen MR) is 145 cm³/mol. The molecule has 3 fully saturated rings. The van der Waals surface area contributed by atoms with Gasteiger partial charge in [0.2, 0.25) is 11.8 Å². The molecule has 38 heavy (non-hydrogen) atoms. The molecule has 3 aliphatic rings. The van der Waals surface area contributed by atoms with Crippen molar-refractivity contribution in [3.05, 3.63) is 29.5 Å². The van der Waals surface area contributed by atoms with Gasteiger partial charge in [0, 0.05) is 38.5 Å². The van der Waals surface area contributed by atoms with Crippen molar-refractivity contribution in [2.45, 2.75) is 76.7 Å². The first kappa shape index (κ1) is 26.7. The van der Waals surface area contributed by atoms with Crippen molar-refractivity contribution >= 4 is 28.8 Å². The highest BCUT2D eigenvalue weighted by atomic mass is 16.6. The molecule has 1 aromatic carbocycles. The van der Waals surface area contributed by atoms with Gasteiger partial charge in [-0.25, -0.2) is 4.79 Å². The topological polar surface area (TPSA) is 96.8 Å². The molecular formula is C29H41N5O4. The maximum absolute atomic E-state index is 12.4. The molecule has 4 heterocycles. The van der Waals surface area contributed by atoms with Crippen LogP contribution in [0, 0.1) is 5.92 Å². The first-order chi connectivity index (χ1) is 18.1. The Morgan fingerprint density at radius 2 is 1.76 bits per heavy atom. The molecule has 1 atom stereocenters. The van der Waals surface area contributed by atoms with Crippen LogP contribution in [0.5, 0.6) is 0 Å². The van der Waals surface area contributed by atoms with Crippen LogP contribution in [0.4, 0.5) is 4.79 Å². The lowest BCUT2D eigenvalue weighted by Crippen LogP contribution is -2.44. The van der Waals surface area contributed by atoms with Crippen LogP contribution in [-0.2, 0) is 21.4 Å². The molecule has 0 aliphatic carbocycles.